The zero-order valence-electron chi connectivity index (χ0n) is 21.1. The molecule has 0 aliphatic carbocycles. The van der Waals surface area contributed by atoms with Crippen LogP contribution in [0.5, 0.6) is 0 Å². The molecule has 38 heavy (non-hydrogen) atoms. The van der Waals surface area contributed by atoms with Crippen molar-refractivity contribution >= 4 is 40.6 Å². The van der Waals surface area contributed by atoms with Gasteiger partial charge in [0.1, 0.15) is 22.6 Å². The van der Waals surface area contributed by atoms with E-state index in [0.29, 0.717) is 22.1 Å². The first-order chi connectivity index (χ1) is 18.3. The van der Waals surface area contributed by atoms with E-state index < -0.39 is 11.6 Å². The van der Waals surface area contributed by atoms with Crippen LogP contribution in [-0.4, -0.2) is 51.1 Å². The number of amides is 1. The van der Waals surface area contributed by atoms with Crippen molar-refractivity contribution in [3.63, 3.8) is 0 Å². The topological polar surface area (TPSA) is 88.8 Å². The zero-order valence-corrected chi connectivity index (χ0v) is 21.8. The number of carbonyl (C=O) groups is 2. The van der Waals surface area contributed by atoms with Gasteiger partial charge in [-0.15, -0.1) is 0 Å². The number of piperidine rings is 1. The molecule has 0 unspecified atom stereocenters. The first kappa shape index (κ1) is 25.7. The normalized spacial score (nSPS) is 14.9. The molecule has 3 heterocycles. The van der Waals surface area contributed by atoms with Gasteiger partial charge in [0.2, 0.25) is 0 Å². The van der Waals surface area contributed by atoms with E-state index >= 15 is 4.39 Å². The number of likely N-dealkylation sites (tertiary alicyclic amines) is 1. The number of aromatic nitrogens is 3. The molecular formula is C28H27ClFN5O3. The number of ether oxygens (including phenoxy) is 1. The summed E-state index contributed by atoms with van der Waals surface area (Å²) in [6.07, 6.45) is 3.12. The number of hydrogen-bond donors (Lipinski definition) is 1. The molecule has 0 spiro atoms. The molecule has 0 atom stereocenters. The number of carbonyl (C=O) groups excluding carboxylic acids is 2. The van der Waals surface area contributed by atoms with Crippen LogP contribution in [0, 0.1) is 6.92 Å². The lowest BCUT2D eigenvalue weighted by Crippen LogP contribution is -2.43. The molecule has 10 heteroatoms. The standard InChI is InChI=1S/C28H27ClFN5O3/c1-3-38-27(37)21-17-32-35-24(21)31-16-20(25(35)33-23-15-18(2)9-10-22(23)29)26(36)34-13-11-28(30,12-14-34)19-7-5-4-6-8-19/h4-10,15-17,33H,3,11-14H2,1-2H3. The average Bonchev–Trinajstić information content (AvgIpc) is 3.36. The summed E-state index contributed by atoms with van der Waals surface area (Å²) in [6, 6.07) is 14.5. The fourth-order valence-corrected chi connectivity index (χ4v) is 4.85. The van der Waals surface area contributed by atoms with Crippen molar-refractivity contribution < 1.29 is 18.7 Å². The number of aryl methyl sites for hydroxylation is 1. The molecule has 1 amide bonds. The van der Waals surface area contributed by atoms with Gasteiger partial charge < -0.3 is 15.0 Å². The van der Waals surface area contributed by atoms with Gasteiger partial charge in [-0.25, -0.2) is 14.2 Å². The van der Waals surface area contributed by atoms with E-state index in [1.165, 1.54) is 16.9 Å². The van der Waals surface area contributed by atoms with Crippen molar-refractivity contribution in [3.8, 4) is 0 Å². The van der Waals surface area contributed by atoms with Gasteiger partial charge in [0.15, 0.2) is 5.65 Å². The molecule has 2 aromatic carbocycles. The maximum Gasteiger partial charge on any atom is 0.343 e. The van der Waals surface area contributed by atoms with Crippen molar-refractivity contribution in [2.24, 2.45) is 0 Å². The lowest BCUT2D eigenvalue weighted by molar-refractivity contribution is 0.0421. The minimum absolute atomic E-state index is 0.173. The Kier molecular flexibility index (Phi) is 7.03. The van der Waals surface area contributed by atoms with Crippen molar-refractivity contribution in [1.82, 2.24) is 19.5 Å². The Balaban J connectivity index is 1.51. The summed E-state index contributed by atoms with van der Waals surface area (Å²) in [5.74, 6) is -0.595. The number of nitrogens with zero attached hydrogens (tertiary/aromatic N) is 4. The number of halogens is 2. The summed E-state index contributed by atoms with van der Waals surface area (Å²) >= 11 is 6.45. The molecule has 4 aromatic rings. The first-order valence-corrected chi connectivity index (χ1v) is 12.8. The monoisotopic (exact) mass is 535 g/mol. The second-order valence-corrected chi connectivity index (χ2v) is 9.67. The molecule has 1 fully saturated rings. The van der Waals surface area contributed by atoms with Crippen molar-refractivity contribution in [2.45, 2.75) is 32.4 Å². The van der Waals surface area contributed by atoms with Gasteiger partial charge in [-0.2, -0.15) is 9.61 Å². The fourth-order valence-electron chi connectivity index (χ4n) is 4.68. The van der Waals surface area contributed by atoms with E-state index in [-0.39, 0.29) is 55.2 Å². The van der Waals surface area contributed by atoms with Crippen molar-refractivity contribution in [3.05, 3.63) is 88.2 Å². The Bertz CT molecular complexity index is 1500. The van der Waals surface area contributed by atoms with Gasteiger partial charge in [-0.05, 0) is 37.1 Å². The summed E-state index contributed by atoms with van der Waals surface area (Å²) in [5, 5.41) is 8.01. The Morgan fingerprint density at radius 1 is 1.11 bits per heavy atom. The summed E-state index contributed by atoms with van der Waals surface area (Å²) in [4.78, 5) is 32.2. The second-order valence-electron chi connectivity index (χ2n) is 9.27. The Labute approximate surface area is 224 Å². The Hall–Kier alpha value is -3.98. The van der Waals surface area contributed by atoms with Crippen LogP contribution in [0.4, 0.5) is 15.9 Å². The highest BCUT2D eigenvalue weighted by atomic mass is 35.5. The fraction of sp³-hybridized carbons (Fsp3) is 0.286. The highest BCUT2D eigenvalue weighted by Crippen LogP contribution is 2.38. The molecule has 1 N–H and O–H groups in total. The average molecular weight is 536 g/mol. The maximum absolute atomic E-state index is 15.7. The maximum atomic E-state index is 15.7. The van der Waals surface area contributed by atoms with Gasteiger partial charge in [0.25, 0.3) is 5.91 Å². The van der Waals surface area contributed by atoms with Gasteiger partial charge in [0.05, 0.1) is 23.5 Å². The van der Waals surface area contributed by atoms with Crippen LogP contribution in [0.2, 0.25) is 5.02 Å². The largest absolute Gasteiger partial charge is 0.462 e. The summed E-state index contributed by atoms with van der Waals surface area (Å²) < 4.78 is 22.2. The van der Waals surface area contributed by atoms with Gasteiger partial charge >= 0.3 is 5.97 Å². The first-order valence-electron chi connectivity index (χ1n) is 12.4. The zero-order chi connectivity index (χ0) is 26.9. The molecular weight excluding hydrogens is 509 g/mol. The smallest absolute Gasteiger partial charge is 0.343 e. The molecule has 8 nitrogen and oxygen atoms in total. The third-order valence-corrected chi connectivity index (χ3v) is 7.09. The van der Waals surface area contributed by atoms with Crippen LogP contribution >= 0.6 is 11.6 Å². The van der Waals surface area contributed by atoms with Crippen LogP contribution in [-0.2, 0) is 10.4 Å². The molecule has 1 saturated heterocycles. The lowest BCUT2D eigenvalue weighted by Gasteiger charge is -2.37. The predicted molar refractivity (Wildman–Crippen MR) is 143 cm³/mol. The molecule has 0 saturated carbocycles. The third-order valence-electron chi connectivity index (χ3n) is 6.76. The van der Waals surface area contributed by atoms with Crippen LogP contribution in [0.1, 0.15) is 51.6 Å². The molecule has 0 bridgehead atoms. The van der Waals surface area contributed by atoms with Crippen LogP contribution in [0.25, 0.3) is 5.65 Å². The van der Waals surface area contributed by atoms with Gasteiger partial charge in [0, 0.05) is 32.1 Å². The highest BCUT2D eigenvalue weighted by Gasteiger charge is 2.38. The number of alkyl halides is 1. The Morgan fingerprint density at radius 2 is 1.84 bits per heavy atom. The molecule has 2 aromatic heterocycles. The number of rotatable bonds is 6. The number of anilines is 2. The molecule has 196 valence electrons. The number of hydrogen-bond acceptors (Lipinski definition) is 6. The van der Waals surface area contributed by atoms with Gasteiger partial charge in [-0.1, -0.05) is 48.0 Å². The Morgan fingerprint density at radius 3 is 2.55 bits per heavy atom. The highest BCUT2D eigenvalue weighted by molar-refractivity contribution is 6.33. The number of fused-ring (bicyclic) bond motifs is 1. The molecule has 5 rings (SSSR count). The van der Waals surface area contributed by atoms with Crippen molar-refractivity contribution in [2.75, 3.05) is 25.0 Å². The molecule has 1 aliphatic heterocycles. The van der Waals surface area contributed by atoms with E-state index in [9.17, 15) is 9.59 Å². The van der Waals surface area contributed by atoms with E-state index in [4.69, 9.17) is 16.3 Å². The van der Waals surface area contributed by atoms with E-state index in [1.54, 1.807) is 30.0 Å². The minimum atomic E-state index is -1.49. The van der Waals surface area contributed by atoms with Crippen LogP contribution in [0.15, 0.2) is 60.9 Å². The third kappa shape index (κ3) is 4.81. The van der Waals surface area contributed by atoms with E-state index in [0.717, 1.165) is 5.56 Å². The molecule has 1 aliphatic rings. The van der Waals surface area contributed by atoms with Crippen molar-refractivity contribution in [1.29, 1.82) is 0 Å². The van der Waals surface area contributed by atoms with E-state index in [1.807, 2.05) is 37.3 Å². The van der Waals surface area contributed by atoms with Gasteiger partial charge in [-0.3, -0.25) is 4.79 Å². The lowest BCUT2D eigenvalue weighted by atomic mass is 9.86. The van der Waals surface area contributed by atoms with E-state index in [2.05, 4.69) is 15.4 Å². The summed E-state index contributed by atoms with van der Waals surface area (Å²) in [5.41, 5.74) is 1.27. The summed E-state index contributed by atoms with van der Waals surface area (Å²) in [6.45, 7) is 4.31. The quantitative estimate of drug-likeness (QED) is 0.318. The second kappa shape index (κ2) is 10.4. The summed E-state index contributed by atoms with van der Waals surface area (Å²) in [7, 11) is 0. The number of esters is 1. The predicted octanol–water partition coefficient (Wildman–Crippen LogP) is 5.71. The molecule has 0 radical (unpaired) electrons. The van der Waals surface area contributed by atoms with Crippen LogP contribution in [0.3, 0.4) is 0 Å². The SMILES string of the molecule is CCOC(=O)c1cnn2c(Nc3cc(C)ccc3Cl)c(C(=O)N3CCC(F)(c4ccccc4)CC3)cnc12. The number of nitrogens with one attached hydrogen (secondary N) is 1. The minimum Gasteiger partial charge on any atom is -0.462 e. The van der Waals surface area contributed by atoms with Crippen LogP contribution < -0.4 is 5.32 Å². The number of benzene rings is 2.